The first-order chi connectivity index (χ1) is 14.9. The van der Waals surface area contributed by atoms with E-state index in [1.54, 1.807) is 18.3 Å². The first kappa shape index (κ1) is 22.0. The van der Waals surface area contributed by atoms with Crippen LogP contribution in [0.25, 0.3) is 10.2 Å². The van der Waals surface area contributed by atoms with Crippen LogP contribution in [0.5, 0.6) is 0 Å². The molecule has 0 saturated carbocycles. The molecule has 4 atom stereocenters. The highest BCUT2D eigenvalue weighted by Crippen LogP contribution is 2.47. The second-order valence-electron chi connectivity index (χ2n) is 7.13. The number of amides is 1. The number of nitrogens with zero attached hydrogens (tertiary/aromatic N) is 3. The van der Waals surface area contributed by atoms with Crippen LogP contribution in [0.2, 0.25) is 0 Å². The van der Waals surface area contributed by atoms with Crippen molar-refractivity contribution in [2.45, 2.75) is 30.3 Å². The second kappa shape index (κ2) is 9.13. The lowest BCUT2D eigenvalue weighted by molar-refractivity contribution is -0.162. The number of fused-ring (bicyclic) bond motifs is 2. The summed E-state index contributed by atoms with van der Waals surface area (Å²) in [6.45, 7) is 3.48. The van der Waals surface area contributed by atoms with Crippen molar-refractivity contribution < 1.29 is 19.2 Å². The fraction of sp³-hybridized carbons (Fsp3) is 0.350. The average Bonchev–Trinajstić information content (AvgIpc) is 3.26. The van der Waals surface area contributed by atoms with Gasteiger partial charge in [-0.2, -0.15) is 0 Å². The molecular formula is C20H17BN3O4PS2. The summed E-state index contributed by atoms with van der Waals surface area (Å²) >= 11 is 3.12. The van der Waals surface area contributed by atoms with Crippen LogP contribution < -0.4 is 0 Å². The van der Waals surface area contributed by atoms with Crippen LogP contribution in [0.3, 0.4) is 0 Å². The molecule has 1 N–H and O–H groups in total. The van der Waals surface area contributed by atoms with Gasteiger partial charge in [-0.05, 0) is 19.1 Å². The largest absolute Gasteiger partial charge is 0.393 e. The molecular weight excluding hydrogens is 452 g/mol. The number of thiazole rings is 1. The Morgan fingerprint density at radius 1 is 1.52 bits per heavy atom. The maximum absolute atomic E-state index is 12.6. The quantitative estimate of drug-likeness (QED) is 0.238. The van der Waals surface area contributed by atoms with Crippen LogP contribution in [-0.2, 0) is 14.1 Å². The lowest BCUT2D eigenvalue weighted by Gasteiger charge is -2.46. The molecule has 1 fully saturated rings. The Bertz CT molecular complexity index is 1140. The number of hydrogen-bond acceptors (Lipinski definition) is 8. The minimum Gasteiger partial charge on any atom is -0.393 e. The predicted octanol–water partition coefficient (Wildman–Crippen LogP) is 3.17. The van der Waals surface area contributed by atoms with Gasteiger partial charge in [0.2, 0.25) is 14.5 Å². The summed E-state index contributed by atoms with van der Waals surface area (Å²) in [7, 11) is 5.00. The molecule has 156 valence electrons. The van der Waals surface area contributed by atoms with E-state index in [2.05, 4.69) is 21.5 Å². The molecule has 3 unspecified atom stereocenters. The van der Waals surface area contributed by atoms with E-state index >= 15 is 0 Å². The summed E-state index contributed by atoms with van der Waals surface area (Å²) < 4.78 is 10.3. The van der Waals surface area contributed by atoms with Crippen molar-refractivity contribution in [3.8, 4) is 11.8 Å². The third-order valence-electron chi connectivity index (χ3n) is 5.30. The molecule has 3 heterocycles. The van der Waals surface area contributed by atoms with E-state index in [4.69, 9.17) is 12.5 Å². The fourth-order valence-electron chi connectivity index (χ4n) is 3.96. The van der Waals surface area contributed by atoms with E-state index in [0.717, 1.165) is 14.6 Å². The van der Waals surface area contributed by atoms with Crippen LogP contribution in [0.1, 0.15) is 13.8 Å². The highest BCUT2D eigenvalue weighted by Gasteiger charge is 2.60. The van der Waals surface area contributed by atoms with E-state index in [9.17, 15) is 14.7 Å². The van der Waals surface area contributed by atoms with Crippen molar-refractivity contribution in [2.24, 2.45) is 16.5 Å². The van der Waals surface area contributed by atoms with Gasteiger partial charge in [-0.15, -0.1) is 11.3 Å². The Balaban J connectivity index is 1.56. The Morgan fingerprint density at radius 3 is 3.00 bits per heavy atom. The van der Waals surface area contributed by atoms with Gasteiger partial charge in [0, 0.05) is 11.5 Å². The Kier molecular flexibility index (Phi) is 6.49. The second-order valence-corrected chi connectivity index (χ2v) is 9.96. The van der Waals surface area contributed by atoms with E-state index < -0.39 is 18.0 Å². The van der Waals surface area contributed by atoms with E-state index in [1.807, 2.05) is 31.2 Å². The van der Waals surface area contributed by atoms with Crippen LogP contribution in [0.15, 0.2) is 44.5 Å². The highest BCUT2D eigenvalue weighted by molar-refractivity contribution is 8.01. The van der Waals surface area contributed by atoms with Gasteiger partial charge in [0.05, 0.1) is 34.0 Å². The summed E-state index contributed by atoms with van der Waals surface area (Å²) in [6, 6.07) is 7.61. The molecule has 31 heavy (non-hydrogen) atoms. The zero-order valence-electron chi connectivity index (χ0n) is 16.7. The topological polar surface area (TPSA) is 92.1 Å². The Hall–Kier alpha value is -2.18. The fourth-order valence-corrected chi connectivity index (χ4v) is 5.98. The normalized spacial score (nSPS) is 23.5. The number of benzene rings is 1. The smallest absolute Gasteiger partial charge is 0.365 e. The number of carbonyl (C=O) groups excluding carboxylic acids is 2. The molecule has 2 aliphatic rings. The molecule has 4 rings (SSSR count). The van der Waals surface area contributed by atoms with Gasteiger partial charge in [0.25, 0.3) is 7.98 Å². The maximum atomic E-state index is 12.6. The number of aromatic nitrogens is 1. The minimum absolute atomic E-state index is 0.0580. The van der Waals surface area contributed by atoms with Gasteiger partial charge < -0.3 is 19.2 Å². The number of aliphatic hydroxyl groups is 1. The van der Waals surface area contributed by atoms with Crippen molar-refractivity contribution >= 4 is 61.8 Å². The number of rotatable bonds is 5. The highest BCUT2D eigenvalue weighted by atomic mass is 32.2. The maximum Gasteiger partial charge on any atom is 0.365 e. The molecule has 1 aromatic heterocycles. The molecule has 1 saturated heterocycles. The molecule has 11 heteroatoms. The van der Waals surface area contributed by atoms with Gasteiger partial charge in [0.15, 0.2) is 4.34 Å². The van der Waals surface area contributed by atoms with Gasteiger partial charge in [-0.3, -0.25) is 4.79 Å². The predicted molar refractivity (Wildman–Crippen MR) is 121 cm³/mol. The van der Waals surface area contributed by atoms with Crippen LogP contribution in [-0.4, -0.2) is 52.7 Å². The first-order valence-electron chi connectivity index (χ1n) is 9.48. The van der Waals surface area contributed by atoms with E-state index in [-0.39, 0.29) is 32.2 Å². The molecule has 1 amide bonds. The van der Waals surface area contributed by atoms with Crippen molar-refractivity contribution in [3.05, 3.63) is 35.5 Å². The van der Waals surface area contributed by atoms with Gasteiger partial charge in [-0.1, -0.05) is 42.7 Å². The summed E-state index contributed by atoms with van der Waals surface area (Å²) in [5.74, 6) is 4.86. The van der Waals surface area contributed by atoms with E-state index in [1.165, 1.54) is 16.7 Å². The first-order valence-corrected chi connectivity index (χ1v) is 12.0. The van der Waals surface area contributed by atoms with Crippen molar-refractivity contribution in [1.82, 2.24) is 9.88 Å². The Labute approximate surface area is 190 Å². The number of hydrogen-bond donors (Lipinski definition) is 1. The Morgan fingerprint density at radius 2 is 2.29 bits per heavy atom. The van der Waals surface area contributed by atoms with Crippen LogP contribution in [0, 0.1) is 23.7 Å². The molecule has 2 aliphatic heterocycles. The summed E-state index contributed by atoms with van der Waals surface area (Å²) in [4.78, 5) is 31.1. The lowest BCUT2D eigenvalue weighted by atomic mass is 9.78. The molecule has 0 bridgehead atoms. The molecule has 0 aliphatic carbocycles. The minimum atomic E-state index is -0.812. The molecule has 7 nitrogen and oxygen atoms in total. The molecule has 0 spiro atoms. The number of thioether (sulfide) groups is 1. The van der Waals surface area contributed by atoms with Gasteiger partial charge in [0.1, 0.15) is 5.70 Å². The summed E-state index contributed by atoms with van der Waals surface area (Å²) in [6.07, 6.45) is -0.812. The number of β-lactam (4-membered cyclic amide) rings is 1. The third kappa shape index (κ3) is 4.03. The van der Waals surface area contributed by atoms with Crippen LogP contribution in [0.4, 0.5) is 0 Å². The zero-order valence-corrected chi connectivity index (χ0v) is 19.2. The number of carbonyl (C=O) groups is 2. The SMILES string of the molecule is [B]N=POC(=O)C1=C(C#CCSc2nc3ccccc3s2)[C@H](C)C2C(C(C)O)C(=O)N12. The number of para-hydroxylation sites is 1. The van der Waals surface area contributed by atoms with E-state index in [0.29, 0.717) is 11.3 Å². The zero-order chi connectivity index (χ0) is 22.1. The lowest BCUT2D eigenvalue weighted by Crippen LogP contribution is -2.63. The molecule has 2 radical (unpaired) electrons. The monoisotopic (exact) mass is 469 g/mol. The standard InChI is InChI=1S/C20H17BN3O4PS2/c1-10-12(6-5-9-30-20-22-13-7-3-4-8-14(13)31-20)17(19(27)28-29-23-21)24-16(10)15(11(2)25)18(24)26/h3-4,7-8,10-11,15-16,25H,9H2,1-2H3/t10-,11?,15?,16?/m0/s1. The average molecular weight is 469 g/mol. The summed E-state index contributed by atoms with van der Waals surface area (Å²) in [5, 5.41) is 10.00. The van der Waals surface area contributed by atoms with Crippen molar-refractivity contribution in [2.75, 3.05) is 5.75 Å². The van der Waals surface area contributed by atoms with Crippen LogP contribution >= 0.6 is 31.7 Å². The third-order valence-corrected chi connectivity index (χ3v) is 7.70. The molecule has 2 aromatic rings. The number of aliphatic hydroxyl groups excluding tert-OH is 1. The van der Waals surface area contributed by atoms with Gasteiger partial charge >= 0.3 is 5.97 Å². The van der Waals surface area contributed by atoms with Crippen molar-refractivity contribution in [1.29, 1.82) is 0 Å². The summed E-state index contributed by atoms with van der Waals surface area (Å²) in [5.41, 5.74) is 1.60. The van der Waals surface area contributed by atoms with Gasteiger partial charge in [-0.25, -0.2) is 9.78 Å². The van der Waals surface area contributed by atoms with Crippen molar-refractivity contribution in [3.63, 3.8) is 0 Å². The molecule has 1 aromatic carbocycles.